The zero-order chi connectivity index (χ0) is 14.0. The van der Waals surface area contributed by atoms with Gasteiger partial charge in [-0.05, 0) is 34.5 Å². The number of nitrogens with zero attached hydrogens (tertiary/aromatic N) is 2. The second-order valence-corrected chi connectivity index (χ2v) is 5.90. The first-order chi connectivity index (χ1) is 9.01. The van der Waals surface area contributed by atoms with Crippen molar-refractivity contribution >= 4 is 37.5 Å². The molecule has 0 aliphatic heterocycles. The van der Waals surface area contributed by atoms with Gasteiger partial charge in [-0.25, -0.2) is 0 Å². The number of nitrogen functional groups attached to an aromatic ring is 1. The molecule has 1 aromatic heterocycles. The van der Waals surface area contributed by atoms with E-state index in [1.54, 1.807) is 6.07 Å². The van der Waals surface area contributed by atoms with Crippen molar-refractivity contribution in [3.63, 3.8) is 0 Å². The molecule has 1 aromatic carbocycles. The van der Waals surface area contributed by atoms with Crippen molar-refractivity contribution in [3.8, 4) is 5.75 Å². The van der Waals surface area contributed by atoms with Crippen LogP contribution in [0.15, 0.2) is 27.1 Å². The minimum atomic E-state index is 0.444. The Hall–Kier alpha value is -1.01. The molecule has 0 unspecified atom stereocenters. The maximum absolute atomic E-state index is 5.78. The molecule has 4 nitrogen and oxygen atoms in total. The third kappa shape index (κ3) is 3.30. The van der Waals surface area contributed by atoms with Gasteiger partial charge in [0, 0.05) is 23.3 Å². The molecule has 0 radical (unpaired) electrons. The molecule has 0 aliphatic carbocycles. The first kappa shape index (κ1) is 14.4. The molecule has 0 saturated heterocycles. The molecule has 0 aliphatic rings. The molecular formula is C13H15Br2N3O. The number of aryl methyl sites for hydroxylation is 2. The normalized spacial score (nSPS) is 10.7. The van der Waals surface area contributed by atoms with Gasteiger partial charge in [0.05, 0.1) is 15.9 Å². The Morgan fingerprint density at radius 1 is 1.32 bits per heavy atom. The monoisotopic (exact) mass is 387 g/mol. The minimum Gasteiger partial charge on any atom is -0.487 e. The number of halogens is 2. The Kier molecular flexibility index (Phi) is 4.52. The first-order valence-corrected chi connectivity index (χ1v) is 7.49. The van der Waals surface area contributed by atoms with Crippen LogP contribution in [0.1, 0.15) is 18.3 Å². The highest BCUT2D eigenvalue weighted by atomic mass is 79.9. The first-order valence-electron chi connectivity index (χ1n) is 5.90. The van der Waals surface area contributed by atoms with Crippen molar-refractivity contribution in [1.82, 2.24) is 9.78 Å². The van der Waals surface area contributed by atoms with E-state index in [0.29, 0.717) is 12.3 Å². The average molecular weight is 389 g/mol. The van der Waals surface area contributed by atoms with E-state index in [0.717, 1.165) is 32.5 Å². The van der Waals surface area contributed by atoms with Crippen LogP contribution in [0.2, 0.25) is 0 Å². The van der Waals surface area contributed by atoms with Gasteiger partial charge in [0.1, 0.15) is 12.4 Å². The number of benzene rings is 1. The van der Waals surface area contributed by atoms with Gasteiger partial charge in [-0.3, -0.25) is 4.68 Å². The van der Waals surface area contributed by atoms with E-state index in [1.807, 2.05) is 23.9 Å². The number of hydrogen-bond donors (Lipinski definition) is 1. The van der Waals surface area contributed by atoms with Crippen LogP contribution in [-0.4, -0.2) is 9.78 Å². The SMILES string of the molecule is CCc1nn(C)c(COc2cc(N)cc(Br)c2)c1Br. The van der Waals surface area contributed by atoms with Crippen LogP contribution in [0.5, 0.6) is 5.75 Å². The number of anilines is 1. The fourth-order valence-corrected chi connectivity index (χ4v) is 3.02. The lowest BCUT2D eigenvalue weighted by Gasteiger charge is -2.08. The topological polar surface area (TPSA) is 53.1 Å². The summed E-state index contributed by atoms with van der Waals surface area (Å²) in [4.78, 5) is 0. The van der Waals surface area contributed by atoms with E-state index in [2.05, 4.69) is 43.9 Å². The van der Waals surface area contributed by atoms with Crippen LogP contribution < -0.4 is 10.5 Å². The maximum Gasteiger partial charge on any atom is 0.131 e. The van der Waals surface area contributed by atoms with Crippen LogP contribution >= 0.6 is 31.9 Å². The molecule has 2 rings (SSSR count). The average Bonchev–Trinajstić information content (AvgIpc) is 2.61. The second-order valence-electron chi connectivity index (χ2n) is 4.19. The van der Waals surface area contributed by atoms with E-state index in [9.17, 15) is 0 Å². The lowest BCUT2D eigenvalue weighted by Crippen LogP contribution is -2.04. The number of aromatic nitrogens is 2. The molecule has 0 spiro atoms. The van der Waals surface area contributed by atoms with Gasteiger partial charge in [-0.15, -0.1) is 0 Å². The van der Waals surface area contributed by atoms with Gasteiger partial charge >= 0.3 is 0 Å². The Morgan fingerprint density at radius 3 is 2.63 bits per heavy atom. The zero-order valence-electron chi connectivity index (χ0n) is 10.8. The summed E-state index contributed by atoms with van der Waals surface area (Å²) in [6.07, 6.45) is 0.887. The predicted molar refractivity (Wildman–Crippen MR) is 83.2 cm³/mol. The highest BCUT2D eigenvalue weighted by Crippen LogP contribution is 2.26. The molecular weight excluding hydrogens is 374 g/mol. The van der Waals surface area contributed by atoms with E-state index in [1.165, 1.54) is 0 Å². The van der Waals surface area contributed by atoms with Crippen LogP contribution in [-0.2, 0) is 20.1 Å². The Morgan fingerprint density at radius 2 is 2.05 bits per heavy atom. The number of nitrogens with two attached hydrogens (primary N) is 1. The molecule has 102 valence electrons. The number of hydrogen-bond acceptors (Lipinski definition) is 3. The molecule has 0 atom stereocenters. The summed E-state index contributed by atoms with van der Waals surface area (Å²) in [6.45, 7) is 2.52. The van der Waals surface area contributed by atoms with Gasteiger partial charge in [-0.2, -0.15) is 5.10 Å². The standard InChI is InChI=1S/C13H15Br2N3O/c1-3-11-13(15)12(18(2)17-11)7-19-10-5-8(14)4-9(16)6-10/h4-6H,3,7,16H2,1-2H3. The third-order valence-electron chi connectivity index (χ3n) is 2.77. The fourth-order valence-electron chi connectivity index (χ4n) is 1.80. The Labute approximate surface area is 129 Å². The predicted octanol–water partition coefficient (Wildman–Crippen LogP) is 3.67. The summed E-state index contributed by atoms with van der Waals surface area (Å²) in [5.41, 5.74) is 8.49. The summed E-state index contributed by atoms with van der Waals surface area (Å²) in [5, 5.41) is 4.43. The minimum absolute atomic E-state index is 0.444. The Bertz CT molecular complexity index is 576. The smallest absolute Gasteiger partial charge is 0.131 e. The number of ether oxygens (including phenoxy) is 1. The lowest BCUT2D eigenvalue weighted by atomic mass is 10.3. The van der Waals surface area contributed by atoms with Crippen LogP contribution in [0.4, 0.5) is 5.69 Å². The van der Waals surface area contributed by atoms with Crippen molar-refractivity contribution in [1.29, 1.82) is 0 Å². The van der Waals surface area contributed by atoms with E-state index < -0.39 is 0 Å². The molecule has 19 heavy (non-hydrogen) atoms. The zero-order valence-corrected chi connectivity index (χ0v) is 14.0. The molecule has 6 heteroatoms. The van der Waals surface area contributed by atoms with Crippen molar-refractivity contribution in [2.75, 3.05) is 5.73 Å². The highest BCUT2D eigenvalue weighted by molar-refractivity contribution is 9.10. The third-order valence-corrected chi connectivity index (χ3v) is 4.15. The second kappa shape index (κ2) is 5.96. The fraction of sp³-hybridized carbons (Fsp3) is 0.308. The van der Waals surface area contributed by atoms with Crippen molar-refractivity contribution in [3.05, 3.63) is 38.5 Å². The summed E-state index contributed by atoms with van der Waals surface area (Å²) >= 11 is 6.96. The summed E-state index contributed by atoms with van der Waals surface area (Å²) in [5.74, 6) is 0.734. The van der Waals surface area contributed by atoms with Crippen LogP contribution in [0.25, 0.3) is 0 Å². The van der Waals surface area contributed by atoms with Gasteiger partial charge in [0.15, 0.2) is 0 Å². The quantitative estimate of drug-likeness (QED) is 0.813. The van der Waals surface area contributed by atoms with E-state index in [-0.39, 0.29) is 0 Å². The van der Waals surface area contributed by atoms with E-state index in [4.69, 9.17) is 10.5 Å². The van der Waals surface area contributed by atoms with Gasteiger partial charge < -0.3 is 10.5 Å². The molecule has 0 fully saturated rings. The molecule has 1 heterocycles. The molecule has 0 bridgehead atoms. The van der Waals surface area contributed by atoms with Gasteiger partial charge in [-0.1, -0.05) is 22.9 Å². The molecule has 0 saturated carbocycles. The molecule has 0 amide bonds. The van der Waals surface area contributed by atoms with Gasteiger partial charge in [0.2, 0.25) is 0 Å². The highest BCUT2D eigenvalue weighted by Gasteiger charge is 2.13. The van der Waals surface area contributed by atoms with Gasteiger partial charge in [0.25, 0.3) is 0 Å². The summed E-state index contributed by atoms with van der Waals surface area (Å²) < 4.78 is 9.53. The summed E-state index contributed by atoms with van der Waals surface area (Å²) in [6, 6.07) is 5.53. The van der Waals surface area contributed by atoms with Crippen LogP contribution in [0, 0.1) is 0 Å². The van der Waals surface area contributed by atoms with E-state index >= 15 is 0 Å². The molecule has 2 aromatic rings. The molecule has 2 N–H and O–H groups in total. The van der Waals surface area contributed by atoms with Crippen molar-refractivity contribution < 1.29 is 4.74 Å². The number of rotatable bonds is 4. The Balaban J connectivity index is 2.16. The van der Waals surface area contributed by atoms with Crippen LogP contribution in [0.3, 0.4) is 0 Å². The lowest BCUT2D eigenvalue weighted by molar-refractivity contribution is 0.294. The summed E-state index contributed by atoms with van der Waals surface area (Å²) in [7, 11) is 1.91. The maximum atomic E-state index is 5.78. The van der Waals surface area contributed by atoms with Crippen molar-refractivity contribution in [2.45, 2.75) is 20.0 Å². The van der Waals surface area contributed by atoms with Crippen molar-refractivity contribution in [2.24, 2.45) is 7.05 Å². The largest absolute Gasteiger partial charge is 0.487 e.